The average Bonchev–Trinajstić information content (AvgIpc) is 2.32. The first-order valence-electron chi connectivity index (χ1n) is 5.35. The molecule has 17 heavy (non-hydrogen) atoms. The molecule has 3 nitrogen and oxygen atoms in total. The zero-order valence-corrected chi connectivity index (χ0v) is 9.19. The normalized spacial score (nSPS) is 22.8. The zero-order valence-electron chi connectivity index (χ0n) is 9.19. The minimum Gasteiger partial charge on any atom is -0.383 e. The lowest BCUT2D eigenvalue weighted by atomic mass is 9.98. The summed E-state index contributed by atoms with van der Waals surface area (Å²) >= 11 is 0. The third-order valence-corrected chi connectivity index (χ3v) is 2.57. The molecule has 88 valence electrons. The molecule has 1 aliphatic rings. The lowest BCUT2D eigenvalue weighted by Crippen LogP contribution is -2.40. The highest BCUT2D eigenvalue weighted by Crippen LogP contribution is 2.20. The van der Waals surface area contributed by atoms with Gasteiger partial charge in [-0.25, -0.2) is 0 Å². The number of allylic oxidation sites excluding steroid dienone is 3. The van der Waals surface area contributed by atoms with Gasteiger partial charge in [0.05, 0.1) is 0 Å². The van der Waals surface area contributed by atoms with Gasteiger partial charge in [0.2, 0.25) is 5.79 Å². The molecule has 2 rings (SSSR count). The summed E-state index contributed by atoms with van der Waals surface area (Å²) in [4.78, 5) is 0. The van der Waals surface area contributed by atoms with Crippen LogP contribution in [0.3, 0.4) is 0 Å². The van der Waals surface area contributed by atoms with Crippen LogP contribution in [-0.4, -0.2) is 27.2 Å². The number of benzene rings is 1. The van der Waals surface area contributed by atoms with Crippen molar-refractivity contribution in [1.29, 1.82) is 0 Å². The fourth-order valence-electron chi connectivity index (χ4n) is 1.55. The first-order valence-corrected chi connectivity index (χ1v) is 5.35. The van der Waals surface area contributed by atoms with Crippen molar-refractivity contribution in [2.75, 3.05) is 0 Å². The fraction of sp³-hybridized carbons (Fsp3) is 0.143. The van der Waals surface area contributed by atoms with Crippen LogP contribution >= 0.6 is 0 Å². The number of aliphatic hydroxyl groups excluding tert-OH is 1. The van der Waals surface area contributed by atoms with Gasteiger partial charge in [0.1, 0.15) is 6.10 Å². The van der Waals surface area contributed by atoms with Crippen LogP contribution in [0.15, 0.2) is 60.2 Å². The van der Waals surface area contributed by atoms with Crippen molar-refractivity contribution in [2.24, 2.45) is 0 Å². The van der Waals surface area contributed by atoms with E-state index in [2.05, 4.69) is 0 Å². The van der Waals surface area contributed by atoms with Gasteiger partial charge < -0.3 is 15.3 Å². The van der Waals surface area contributed by atoms with E-state index in [9.17, 15) is 15.3 Å². The van der Waals surface area contributed by atoms with Crippen LogP contribution in [0.1, 0.15) is 5.56 Å². The number of aliphatic hydroxyl groups is 3. The van der Waals surface area contributed by atoms with E-state index in [4.69, 9.17) is 0 Å². The summed E-state index contributed by atoms with van der Waals surface area (Å²) in [5, 5.41) is 28.0. The molecule has 3 heteroatoms. The third-order valence-electron chi connectivity index (χ3n) is 2.57. The zero-order chi connectivity index (χ0) is 12.3. The Labute approximate surface area is 99.7 Å². The standard InChI is InChI=1S/C14H14O3/c15-13-10-12(8-9-14(13,16)17)7-6-11-4-2-1-3-5-11/h1-10,13,15-17H. The quantitative estimate of drug-likeness (QED) is 0.670. The summed E-state index contributed by atoms with van der Waals surface area (Å²) in [7, 11) is 0. The molecule has 0 saturated carbocycles. The Morgan fingerprint density at radius 3 is 2.41 bits per heavy atom. The minimum atomic E-state index is -2.16. The Kier molecular flexibility index (Phi) is 3.24. The van der Waals surface area contributed by atoms with Crippen molar-refractivity contribution in [1.82, 2.24) is 0 Å². The van der Waals surface area contributed by atoms with E-state index >= 15 is 0 Å². The van der Waals surface area contributed by atoms with E-state index in [1.807, 2.05) is 42.5 Å². The van der Waals surface area contributed by atoms with Gasteiger partial charge in [-0.3, -0.25) is 0 Å². The molecular weight excluding hydrogens is 216 g/mol. The molecule has 0 bridgehead atoms. The van der Waals surface area contributed by atoms with E-state index in [0.29, 0.717) is 0 Å². The van der Waals surface area contributed by atoms with Gasteiger partial charge in [-0.05, 0) is 23.3 Å². The van der Waals surface area contributed by atoms with Crippen LogP contribution in [-0.2, 0) is 0 Å². The Hall–Kier alpha value is -1.68. The topological polar surface area (TPSA) is 60.7 Å². The molecule has 0 radical (unpaired) electrons. The largest absolute Gasteiger partial charge is 0.383 e. The second-order valence-electron chi connectivity index (χ2n) is 3.97. The smallest absolute Gasteiger partial charge is 0.213 e. The molecule has 0 aliphatic heterocycles. The molecule has 1 atom stereocenters. The highest BCUT2D eigenvalue weighted by atomic mass is 16.5. The van der Waals surface area contributed by atoms with Crippen molar-refractivity contribution in [2.45, 2.75) is 11.9 Å². The fourth-order valence-corrected chi connectivity index (χ4v) is 1.55. The SMILES string of the molecule is OC1C=C(C=Cc2ccccc2)C=CC1(O)O. The molecule has 0 spiro atoms. The summed E-state index contributed by atoms with van der Waals surface area (Å²) in [6.07, 6.45) is 6.53. The average molecular weight is 230 g/mol. The first-order chi connectivity index (χ1) is 8.08. The summed E-state index contributed by atoms with van der Waals surface area (Å²) < 4.78 is 0. The highest BCUT2D eigenvalue weighted by Gasteiger charge is 2.30. The van der Waals surface area contributed by atoms with E-state index in [1.165, 1.54) is 12.2 Å². The second-order valence-corrected chi connectivity index (χ2v) is 3.97. The van der Waals surface area contributed by atoms with E-state index < -0.39 is 11.9 Å². The van der Waals surface area contributed by atoms with E-state index in [-0.39, 0.29) is 0 Å². The van der Waals surface area contributed by atoms with Crippen molar-refractivity contribution >= 4 is 6.08 Å². The Balaban J connectivity index is 2.12. The third kappa shape index (κ3) is 2.91. The van der Waals surface area contributed by atoms with Gasteiger partial charge >= 0.3 is 0 Å². The van der Waals surface area contributed by atoms with Gasteiger partial charge in [-0.15, -0.1) is 0 Å². The molecule has 0 fully saturated rings. The second kappa shape index (κ2) is 4.67. The van der Waals surface area contributed by atoms with Crippen molar-refractivity contribution in [3.63, 3.8) is 0 Å². The highest BCUT2D eigenvalue weighted by molar-refractivity contribution is 5.55. The van der Waals surface area contributed by atoms with Crippen molar-refractivity contribution < 1.29 is 15.3 Å². The maximum Gasteiger partial charge on any atom is 0.213 e. The number of hydrogen-bond acceptors (Lipinski definition) is 3. The molecule has 0 amide bonds. The van der Waals surface area contributed by atoms with Gasteiger partial charge in [0, 0.05) is 0 Å². The lowest BCUT2D eigenvalue weighted by molar-refractivity contribution is -0.174. The predicted octanol–water partition coefficient (Wildman–Crippen LogP) is 1.24. The monoisotopic (exact) mass is 230 g/mol. The number of rotatable bonds is 2. The van der Waals surface area contributed by atoms with E-state index in [0.717, 1.165) is 11.1 Å². The Morgan fingerprint density at radius 1 is 1.06 bits per heavy atom. The Morgan fingerprint density at radius 2 is 1.76 bits per heavy atom. The lowest BCUT2D eigenvalue weighted by Gasteiger charge is -2.25. The van der Waals surface area contributed by atoms with Gasteiger partial charge in [0.15, 0.2) is 0 Å². The molecular formula is C14H14O3. The molecule has 0 saturated heterocycles. The van der Waals surface area contributed by atoms with Crippen LogP contribution in [0.5, 0.6) is 0 Å². The minimum absolute atomic E-state index is 0.736. The van der Waals surface area contributed by atoms with Gasteiger partial charge in [0.25, 0.3) is 0 Å². The molecule has 1 aliphatic carbocycles. The van der Waals surface area contributed by atoms with Gasteiger partial charge in [-0.1, -0.05) is 48.6 Å². The molecule has 1 aromatic rings. The summed E-state index contributed by atoms with van der Waals surface area (Å²) in [5.41, 5.74) is 1.78. The number of hydrogen-bond donors (Lipinski definition) is 3. The summed E-state index contributed by atoms with van der Waals surface area (Å²) in [6.45, 7) is 0. The van der Waals surface area contributed by atoms with E-state index in [1.54, 1.807) is 6.08 Å². The van der Waals surface area contributed by atoms with Crippen molar-refractivity contribution in [3.05, 3.63) is 65.8 Å². The molecule has 0 heterocycles. The Bertz CT molecular complexity index is 470. The molecule has 1 aromatic carbocycles. The van der Waals surface area contributed by atoms with Gasteiger partial charge in [-0.2, -0.15) is 0 Å². The van der Waals surface area contributed by atoms with Crippen molar-refractivity contribution in [3.8, 4) is 0 Å². The van der Waals surface area contributed by atoms with Crippen LogP contribution in [0, 0.1) is 0 Å². The van der Waals surface area contributed by atoms with Crippen LogP contribution < -0.4 is 0 Å². The molecule has 3 N–H and O–H groups in total. The van der Waals surface area contributed by atoms with Crippen LogP contribution in [0.2, 0.25) is 0 Å². The predicted molar refractivity (Wildman–Crippen MR) is 65.9 cm³/mol. The molecule has 0 aromatic heterocycles. The summed E-state index contributed by atoms with van der Waals surface area (Å²) in [5.74, 6) is -2.16. The van der Waals surface area contributed by atoms with Crippen LogP contribution in [0.25, 0.3) is 6.08 Å². The van der Waals surface area contributed by atoms with Crippen LogP contribution in [0.4, 0.5) is 0 Å². The summed E-state index contributed by atoms with van der Waals surface area (Å²) in [6, 6.07) is 9.73. The maximum atomic E-state index is 9.44. The maximum absolute atomic E-state index is 9.44. The molecule has 1 unspecified atom stereocenters. The first kappa shape index (κ1) is 11.8.